The number of piperidine rings is 1. The van der Waals surface area contributed by atoms with Crippen LogP contribution in [0.1, 0.15) is 24.8 Å². The SMILES string of the molecule is CN1CCC(CCc2cccnc2)CC1. The number of nitrogens with zero attached hydrogens (tertiary/aromatic N) is 2. The fraction of sp³-hybridized carbons (Fsp3) is 0.615. The topological polar surface area (TPSA) is 16.1 Å². The molecule has 2 heterocycles. The molecule has 0 amide bonds. The van der Waals surface area contributed by atoms with E-state index in [0.717, 1.165) is 5.92 Å². The van der Waals surface area contributed by atoms with E-state index in [4.69, 9.17) is 0 Å². The number of pyridine rings is 1. The summed E-state index contributed by atoms with van der Waals surface area (Å²) in [6.45, 7) is 2.55. The third-order valence-electron chi connectivity index (χ3n) is 3.40. The molecule has 1 aliphatic rings. The molecular weight excluding hydrogens is 184 g/mol. The second-order valence-electron chi connectivity index (χ2n) is 4.65. The number of aryl methyl sites for hydroxylation is 1. The predicted molar refractivity (Wildman–Crippen MR) is 62.8 cm³/mol. The Labute approximate surface area is 92.3 Å². The molecule has 0 N–H and O–H groups in total. The van der Waals surface area contributed by atoms with Gasteiger partial charge in [-0.25, -0.2) is 0 Å². The van der Waals surface area contributed by atoms with Crippen LogP contribution in [0.4, 0.5) is 0 Å². The molecule has 0 radical (unpaired) electrons. The Kier molecular flexibility index (Phi) is 3.73. The van der Waals surface area contributed by atoms with Gasteiger partial charge in [0.1, 0.15) is 0 Å². The fourth-order valence-electron chi connectivity index (χ4n) is 2.27. The highest BCUT2D eigenvalue weighted by molar-refractivity contribution is 5.08. The summed E-state index contributed by atoms with van der Waals surface area (Å²) >= 11 is 0. The zero-order valence-corrected chi connectivity index (χ0v) is 9.52. The van der Waals surface area contributed by atoms with E-state index in [-0.39, 0.29) is 0 Å². The quantitative estimate of drug-likeness (QED) is 0.751. The van der Waals surface area contributed by atoms with Crippen LogP contribution in [0, 0.1) is 5.92 Å². The lowest BCUT2D eigenvalue weighted by atomic mass is 9.91. The smallest absolute Gasteiger partial charge is 0.0299 e. The molecule has 1 fully saturated rings. The van der Waals surface area contributed by atoms with Crippen LogP contribution in [0.3, 0.4) is 0 Å². The molecule has 0 atom stereocenters. The normalized spacial score (nSPS) is 19.3. The Bertz CT molecular complexity index is 276. The van der Waals surface area contributed by atoms with Gasteiger partial charge in [0.2, 0.25) is 0 Å². The van der Waals surface area contributed by atoms with E-state index in [1.165, 1.54) is 44.3 Å². The molecule has 0 aromatic carbocycles. The van der Waals surface area contributed by atoms with E-state index in [1.807, 2.05) is 18.5 Å². The van der Waals surface area contributed by atoms with Gasteiger partial charge < -0.3 is 4.90 Å². The van der Waals surface area contributed by atoms with Gasteiger partial charge in [-0.3, -0.25) is 4.98 Å². The standard InChI is InChI=1S/C13H20N2/c1-15-9-6-12(7-10-15)4-5-13-3-2-8-14-11-13/h2-3,8,11-12H,4-7,9-10H2,1H3. The zero-order valence-electron chi connectivity index (χ0n) is 9.52. The van der Waals surface area contributed by atoms with Gasteiger partial charge in [-0.1, -0.05) is 6.07 Å². The molecule has 82 valence electrons. The van der Waals surface area contributed by atoms with Crippen LogP contribution in [0.15, 0.2) is 24.5 Å². The third-order valence-corrected chi connectivity index (χ3v) is 3.40. The summed E-state index contributed by atoms with van der Waals surface area (Å²) in [7, 11) is 2.22. The summed E-state index contributed by atoms with van der Waals surface area (Å²) in [5.74, 6) is 0.932. The minimum absolute atomic E-state index is 0.932. The molecule has 1 aromatic heterocycles. The number of likely N-dealkylation sites (tertiary alicyclic amines) is 1. The first-order valence-corrected chi connectivity index (χ1v) is 5.92. The molecular formula is C13H20N2. The van der Waals surface area contributed by atoms with Crippen molar-refractivity contribution in [2.24, 2.45) is 5.92 Å². The highest BCUT2D eigenvalue weighted by Gasteiger charge is 2.15. The Morgan fingerprint density at radius 3 is 2.87 bits per heavy atom. The Morgan fingerprint density at radius 2 is 2.20 bits per heavy atom. The molecule has 0 saturated carbocycles. The maximum absolute atomic E-state index is 4.15. The van der Waals surface area contributed by atoms with Crippen LogP contribution in [0.5, 0.6) is 0 Å². The van der Waals surface area contributed by atoms with Crippen molar-refractivity contribution < 1.29 is 0 Å². The number of hydrogen-bond acceptors (Lipinski definition) is 2. The molecule has 1 saturated heterocycles. The minimum Gasteiger partial charge on any atom is -0.306 e. The molecule has 2 rings (SSSR count). The highest BCUT2D eigenvalue weighted by atomic mass is 15.1. The highest BCUT2D eigenvalue weighted by Crippen LogP contribution is 2.21. The second kappa shape index (κ2) is 5.26. The molecule has 0 aliphatic carbocycles. The van der Waals surface area contributed by atoms with Crippen LogP contribution in [0.2, 0.25) is 0 Å². The van der Waals surface area contributed by atoms with Crippen molar-refractivity contribution in [3.8, 4) is 0 Å². The van der Waals surface area contributed by atoms with E-state index < -0.39 is 0 Å². The maximum Gasteiger partial charge on any atom is 0.0299 e. The van der Waals surface area contributed by atoms with Crippen LogP contribution in [-0.4, -0.2) is 30.0 Å². The maximum atomic E-state index is 4.15. The Morgan fingerprint density at radius 1 is 1.40 bits per heavy atom. The van der Waals surface area contributed by atoms with E-state index in [0.29, 0.717) is 0 Å². The van der Waals surface area contributed by atoms with E-state index >= 15 is 0 Å². The average Bonchev–Trinajstić information content (AvgIpc) is 2.30. The summed E-state index contributed by atoms with van der Waals surface area (Å²) in [5, 5.41) is 0. The van der Waals surface area contributed by atoms with Crippen molar-refractivity contribution in [2.75, 3.05) is 20.1 Å². The Hall–Kier alpha value is -0.890. The zero-order chi connectivity index (χ0) is 10.5. The largest absolute Gasteiger partial charge is 0.306 e. The molecule has 2 nitrogen and oxygen atoms in total. The molecule has 0 spiro atoms. The summed E-state index contributed by atoms with van der Waals surface area (Å²) in [5.41, 5.74) is 1.39. The first-order valence-electron chi connectivity index (χ1n) is 5.92. The lowest BCUT2D eigenvalue weighted by Crippen LogP contribution is -2.30. The second-order valence-corrected chi connectivity index (χ2v) is 4.65. The molecule has 2 heteroatoms. The number of rotatable bonds is 3. The molecule has 1 aliphatic heterocycles. The van der Waals surface area contributed by atoms with Crippen LogP contribution in [-0.2, 0) is 6.42 Å². The average molecular weight is 204 g/mol. The van der Waals surface area contributed by atoms with Crippen molar-refractivity contribution in [1.29, 1.82) is 0 Å². The third kappa shape index (κ3) is 3.31. The fourth-order valence-corrected chi connectivity index (χ4v) is 2.27. The van der Waals surface area contributed by atoms with Crippen molar-refractivity contribution in [3.63, 3.8) is 0 Å². The van der Waals surface area contributed by atoms with Crippen LogP contribution in [0.25, 0.3) is 0 Å². The van der Waals surface area contributed by atoms with Crippen molar-refractivity contribution in [2.45, 2.75) is 25.7 Å². The number of hydrogen-bond donors (Lipinski definition) is 0. The van der Waals surface area contributed by atoms with Crippen LogP contribution >= 0.6 is 0 Å². The molecule has 0 unspecified atom stereocenters. The van der Waals surface area contributed by atoms with Gasteiger partial charge in [0.15, 0.2) is 0 Å². The van der Waals surface area contributed by atoms with Gasteiger partial charge in [-0.05, 0) is 63.4 Å². The van der Waals surface area contributed by atoms with E-state index in [1.54, 1.807) is 0 Å². The molecule has 0 bridgehead atoms. The summed E-state index contributed by atoms with van der Waals surface area (Å²) < 4.78 is 0. The van der Waals surface area contributed by atoms with Crippen molar-refractivity contribution >= 4 is 0 Å². The van der Waals surface area contributed by atoms with Gasteiger partial charge in [0, 0.05) is 12.4 Å². The Balaban J connectivity index is 1.74. The summed E-state index contributed by atoms with van der Waals surface area (Å²) in [4.78, 5) is 6.58. The lowest BCUT2D eigenvalue weighted by Gasteiger charge is -2.28. The van der Waals surface area contributed by atoms with E-state index in [9.17, 15) is 0 Å². The van der Waals surface area contributed by atoms with Gasteiger partial charge in [-0.15, -0.1) is 0 Å². The van der Waals surface area contributed by atoms with Gasteiger partial charge >= 0.3 is 0 Å². The predicted octanol–water partition coefficient (Wildman–Crippen LogP) is 2.36. The first kappa shape index (κ1) is 10.6. The molecule has 1 aromatic rings. The first-order chi connectivity index (χ1) is 7.34. The summed E-state index contributed by atoms with van der Waals surface area (Å²) in [6, 6.07) is 4.21. The molecule has 15 heavy (non-hydrogen) atoms. The van der Waals surface area contributed by atoms with E-state index in [2.05, 4.69) is 23.0 Å². The van der Waals surface area contributed by atoms with Gasteiger partial charge in [-0.2, -0.15) is 0 Å². The van der Waals surface area contributed by atoms with Crippen LogP contribution < -0.4 is 0 Å². The van der Waals surface area contributed by atoms with Crippen molar-refractivity contribution in [1.82, 2.24) is 9.88 Å². The van der Waals surface area contributed by atoms with Crippen molar-refractivity contribution in [3.05, 3.63) is 30.1 Å². The summed E-state index contributed by atoms with van der Waals surface area (Å²) in [6.07, 6.45) is 9.11. The minimum atomic E-state index is 0.932. The van der Waals surface area contributed by atoms with Gasteiger partial charge in [0.05, 0.1) is 0 Å². The monoisotopic (exact) mass is 204 g/mol. The number of aromatic nitrogens is 1. The van der Waals surface area contributed by atoms with Gasteiger partial charge in [0.25, 0.3) is 0 Å². The lowest BCUT2D eigenvalue weighted by molar-refractivity contribution is 0.212.